The van der Waals surface area contributed by atoms with Crippen LogP contribution in [0.3, 0.4) is 0 Å². The van der Waals surface area contributed by atoms with Crippen LogP contribution in [0.5, 0.6) is 0 Å². The van der Waals surface area contributed by atoms with Crippen LogP contribution < -0.4 is 16.0 Å². The molecule has 0 unspecified atom stereocenters. The van der Waals surface area contributed by atoms with E-state index in [0.717, 1.165) is 5.56 Å². The second-order valence-corrected chi connectivity index (χ2v) is 7.37. The first kappa shape index (κ1) is 20.9. The standard InChI is InChI=1S/C20H22ClN3O2S/c1-13(2)11-18(25)22-16-7-9-17(10-8-16)23-20(27)24-19(26)12-14-3-5-15(21)6-4-14/h3-10,13H,11-12H2,1-2H3,(H,22,25)(H2,23,24,26,27). The van der Waals surface area contributed by atoms with Crippen molar-refractivity contribution in [3.63, 3.8) is 0 Å². The molecule has 3 N–H and O–H groups in total. The van der Waals surface area contributed by atoms with Crippen molar-refractivity contribution in [1.29, 1.82) is 0 Å². The quantitative estimate of drug-likeness (QED) is 0.626. The summed E-state index contributed by atoms with van der Waals surface area (Å²) in [5, 5.41) is 9.26. The number of carbonyl (C=O) groups is 2. The van der Waals surface area contributed by atoms with E-state index in [1.165, 1.54) is 0 Å². The third-order valence-electron chi connectivity index (χ3n) is 3.55. The van der Waals surface area contributed by atoms with E-state index < -0.39 is 0 Å². The Morgan fingerprint density at radius 2 is 1.48 bits per heavy atom. The molecule has 2 amide bonds. The summed E-state index contributed by atoms with van der Waals surface area (Å²) in [5.74, 6) is 0.0721. The van der Waals surface area contributed by atoms with E-state index in [1.807, 2.05) is 13.8 Å². The molecule has 0 fully saturated rings. The average molecular weight is 404 g/mol. The third-order valence-corrected chi connectivity index (χ3v) is 4.01. The van der Waals surface area contributed by atoms with Crippen molar-refractivity contribution in [3.05, 3.63) is 59.1 Å². The molecule has 5 nitrogen and oxygen atoms in total. The summed E-state index contributed by atoms with van der Waals surface area (Å²) in [6.07, 6.45) is 0.684. The van der Waals surface area contributed by atoms with Crippen molar-refractivity contribution in [2.45, 2.75) is 26.7 Å². The first-order valence-electron chi connectivity index (χ1n) is 8.57. The smallest absolute Gasteiger partial charge is 0.230 e. The Kier molecular flexibility index (Phi) is 7.76. The number of amides is 2. The molecule has 0 aliphatic rings. The maximum Gasteiger partial charge on any atom is 0.230 e. The van der Waals surface area contributed by atoms with Gasteiger partial charge >= 0.3 is 0 Å². The number of anilines is 2. The summed E-state index contributed by atoms with van der Waals surface area (Å²) in [6, 6.07) is 14.2. The fourth-order valence-corrected chi connectivity index (χ4v) is 2.70. The highest BCUT2D eigenvalue weighted by Crippen LogP contribution is 2.15. The highest BCUT2D eigenvalue weighted by molar-refractivity contribution is 7.80. The maximum absolute atomic E-state index is 12.0. The molecule has 2 aromatic carbocycles. The molecule has 2 rings (SSSR count). The highest BCUT2D eigenvalue weighted by Gasteiger charge is 2.08. The van der Waals surface area contributed by atoms with E-state index >= 15 is 0 Å². The van der Waals surface area contributed by atoms with Gasteiger partial charge in [0.1, 0.15) is 0 Å². The fourth-order valence-electron chi connectivity index (χ4n) is 2.34. The zero-order valence-corrected chi connectivity index (χ0v) is 16.8. The molecular formula is C20H22ClN3O2S. The van der Waals surface area contributed by atoms with E-state index in [9.17, 15) is 9.59 Å². The monoisotopic (exact) mass is 403 g/mol. The van der Waals surface area contributed by atoms with E-state index in [-0.39, 0.29) is 23.3 Å². The first-order chi connectivity index (χ1) is 12.8. The number of hydrogen-bond acceptors (Lipinski definition) is 3. The number of hydrogen-bond donors (Lipinski definition) is 3. The Morgan fingerprint density at radius 1 is 0.926 bits per heavy atom. The van der Waals surface area contributed by atoms with Crippen LogP contribution >= 0.6 is 23.8 Å². The van der Waals surface area contributed by atoms with Crippen LogP contribution in [0.2, 0.25) is 5.02 Å². The van der Waals surface area contributed by atoms with Gasteiger partial charge in [0.25, 0.3) is 0 Å². The number of rotatable bonds is 6. The van der Waals surface area contributed by atoms with Crippen LogP contribution in [0, 0.1) is 5.92 Å². The lowest BCUT2D eigenvalue weighted by atomic mass is 10.1. The van der Waals surface area contributed by atoms with Crippen molar-refractivity contribution in [1.82, 2.24) is 5.32 Å². The lowest BCUT2D eigenvalue weighted by molar-refractivity contribution is -0.119. The molecule has 0 saturated carbocycles. The van der Waals surface area contributed by atoms with Gasteiger partial charge in [0.2, 0.25) is 11.8 Å². The minimum atomic E-state index is -0.215. The molecule has 2 aromatic rings. The van der Waals surface area contributed by atoms with Gasteiger partial charge in [0.05, 0.1) is 6.42 Å². The molecular weight excluding hydrogens is 382 g/mol. The second kappa shape index (κ2) is 10.0. The maximum atomic E-state index is 12.0. The fraction of sp³-hybridized carbons (Fsp3) is 0.250. The van der Waals surface area contributed by atoms with Crippen LogP contribution in [0.15, 0.2) is 48.5 Å². The minimum absolute atomic E-state index is 0.0179. The Morgan fingerprint density at radius 3 is 2.04 bits per heavy atom. The number of nitrogens with one attached hydrogen (secondary N) is 3. The molecule has 0 spiro atoms. The second-order valence-electron chi connectivity index (χ2n) is 6.53. The molecule has 0 radical (unpaired) electrons. The van der Waals surface area contributed by atoms with Crippen molar-refractivity contribution in [3.8, 4) is 0 Å². The zero-order valence-electron chi connectivity index (χ0n) is 15.2. The van der Waals surface area contributed by atoms with Crippen LogP contribution in [-0.2, 0) is 16.0 Å². The molecule has 142 valence electrons. The summed E-state index contributed by atoms with van der Waals surface area (Å²) in [4.78, 5) is 23.8. The predicted molar refractivity (Wildman–Crippen MR) is 114 cm³/mol. The summed E-state index contributed by atoms with van der Waals surface area (Å²) >= 11 is 11.0. The summed E-state index contributed by atoms with van der Waals surface area (Å²) in [6.45, 7) is 3.99. The molecule has 0 atom stereocenters. The Labute approximate surface area is 169 Å². The molecule has 0 aromatic heterocycles. The molecule has 7 heteroatoms. The molecule has 0 heterocycles. The molecule has 0 saturated heterocycles. The largest absolute Gasteiger partial charge is 0.332 e. The molecule has 0 aliphatic heterocycles. The Balaban J connectivity index is 1.81. The lowest BCUT2D eigenvalue weighted by Crippen LogP contribution is -2.35. The van der Waals surface area contributed by atoms with Gasteiger partial charge in [-0.15, -0.1) is 0 Å². The third kappa shape index (κ3) is 7.76. The van der Waals surface area contributed by atoms with Crippen LogP contribution in [0.4, 0.5) is 11.4 Å². The van der Waals surface area contributed by atoms with Gasteiger partial charge in [-0.25, -0.2) is 0 Å². The van der Waals surface area contributed by atoms with Gasteiger partial charge in [-0.05, 0) is 60.1 Å². The molecule has 0 aliphatic carbocycles. The van der Waals surface area contributed by atoms with Crippen LogP contribution in [0.1, 0.15) is 25.8 Å². The average Bonchev–Trinajstić information content (AvgIpc) is 2.58. The van der Waals surface area contributed by atoms with Crippen LogP contribution in [-0.4, -0.2) is 16.9 Å². The summed E-state index contributed by atoms with van der Waals surface area (Å²) < 4.78 is 0. The number of benzene rings is 2. The van der Waals surface area contributed by atoms with Gasteiger partial charge in [-0.3, -0.25) is 9.59 Å². The van der Waals surface area contributed by atoms with Gasteiger partial charge < -0.3 is 16.0 Å². The number of halogens is 1. The lowest BCUT2D eigenvalue weighted by Gasteiger charge is -2.11. The van der Waals surface area contributed by atoms with E-state index in [2.05, 4.69) is 16.0 Å². The van der Waals surface area contributed by atoms with E-state index in [0.29, 0.717) is 28.7 Å². The van der Waals surface area contributed by atoms with E-state index in [1.54, 1.807) is 48.5 Å². The van der Waals surface area contributed by atoms with Crippen LogP contribution in [0.25, 0.3) is 0 Å². The van der Waals surface area contributed by atoms with Gasteiger partial charge in [-0.1, -0.05) is 37.6 Å². The van der Waals surface area contributed by atoms with Gasteiger partial charge in [-0.2, -0.15) is 0 Å². The number of carbonyl (C=O) groups excluding carboxylic acids is 2. The van der Waals surface area contributed by atoms with Gasteiger partial charge in [0.15, 0.2) is 5.11 Å². The Bertz CT molecular complexity index is 805. The Hall–Kier alpha value is -2.44. The molecule has 0 bridgehead atoms. The van der Waals surface area contributed by atoms with Crippen molar-refractivity contribution < 1.29 is 9.59 Å². The minimum Gasteiger partial charge on any atom is -0.332 e. The zero-order chi connectivity index (χ0) is 19.8. The molecule has 27 heavy (non-hydrogen) atoms. The summed E-state index contributed by atoms with van der Waals surface area (Å²) in [7, 11) is 0. The summed E-state index contributed by atoms with van der Waals surface area (Å²) in [5.41, 5.74) is 2.28. The van der Waals surface area contributed by atoms with Crippen molar-refractivity contribution in [2.75, 3.05) is 10.6 Å². The predicted octanol–water partition coefficient (Wildman–Crippen LogP) is 4.38. The van der Waals surface area contributed by atoms with Crippen molar-refractivity contribution in [2.24, 2.45) is 5.92 Å². The topological polar surface area (TPSA) is 70.2 Å². The van der Waals surface area contributed by atoms with E-state index in [4.69, 9.17) is 23.8 Å². The van der Waals surface area contributed by atoms with Gasteiger partial charge in [0, 0.05) is 22.8 Å². The first-order valence-corrected chi connectivity index (χ1v) is 9.35. The highest BCUT2D eigenvalue weighted by atomic mass is 35.5. The number of thiocarbonyl (C=S) groups is 1. The van der Waals surface area contributed by atoms with Crippen molar-refractivity contribution >= 4 is 52.1 Å². The SMILES string of the molecule is CC(C)CC(=O)Nc1ccc(NC(=S)NC(=O)Cc2ccc(Cl)cc2)cc1. The normalized spacial score (nSPS) is 10.4.